The van der Waals surface area contributed by atoms with Crippen molar-refractivity contribution >= 4 is 11.6 Å². The Morgan fingerprint density at radius 2 is 1.48 bits per heavy atom. The molecule has 3 rings (SSSR count). The Labute approximate surface area is 125 Å². The fourth-order valence-corrected chi connectivity index (χ4v) is 2.87. The first-order valence-corrected chi connectivity index (χ1v) is 7.43. The topological polar surface area (TPSA) is 55.1 Å². The molecule has 3 nitrogen and oxygen atoms in total. The molecular formula is C18H20N2O. The van der Waals surface area contributed by atoms with Crippen LogP contribution in [0, 0.1) is 0 Å². The van der Waals surface area contributed by atoms with Gasteiger partial charge in [0.1, 0.15) is 0 Å². The largest absolute Gasteiger partial charge is 0.324 e. The number of amides is 1. The summed E-state index contributed by atoms with van der Waals surface area (Å²) in [5.41, 5.74) is 8.58. The minimum absolute atomic E-state index is 0.0625. The summed E-state index contributed by atoms with van der Waals surface area (Å²) < 4.78 is 0. The summed E-state index contributed by atoms with van der Waals surface area (Å²) in [4.78, 5) is 12.3. The molecule has 0 radical (unpaired) electrons. The zero-order valence-electron chi connectivity index (χ0n) is 12.0. The van der Waals surface area contributed by atoms with Crippen molar-refractivity contribution in [3.8, 4) is 11.1 Å². The highest BCUT2D eigenvalue weighted by atomic mass is 16.2. The van der Waals surface area contributed by atoms with Crippen LogP contribution < -0.4 is 11.1 Å². The van der Waals surface area contributed by atoms with Gasteiger partial charge in [-0.2, -0.15) is 0 Å². The second kappa shape index (κ2) is 5.70. The van der Waals surface area contributed by atoms with E-state index in [4.69, 9.17) is 5.73 Å². The second-order valence-electron chi connectivity index (χ2n) is 5.76. The van der Waals surface area contributed by atoms with Crippen molar-refractivity contribution in [1.82, 2.24) is 0 Å². The maximum Gasteiger partial charge on any atom is 0.244 e. The van der Waals surface area contributed by atoms with Gasteiger partial charge in [0, 0.05) is 5.69 Å². The number of nitrogens with two attached hydrogens (primary N) is 1. The number of anilines is 1. The molecule has 3 N–H and O–H groups in total. The van der Waals surface area contributed by atoms with E-state index in [0.29, 0.717) is 0 Å². The van der Waals surface area contributed by atoms with Crippen molar-refractivity contribution < 1.29 is 4.79 Å². The summed E-state index contributed by atoms with van der Waals surface area (Å²) in [5.74, 6) is -0.0625. The summed E-state index contributed by atoms with van der Waals surface area (Å²) in [7, 11) is 0. The van der Waals surface area contributed by atoms with Crippen LogP contribution in [0.4, 0.5) is 5.69 Å². The van der Waals surface area contributed by atoms with Crippen molar-refractivity contribution in [1.29, 1.82) is 0 Å². The lowest BCUT2D eigenvalue weighted by molar-refractivity contribution is -0.121. The van der Waals surface area contributed by atoms with Gasteiger partial charge in [-0.1, -0.05) is 55.3 Å². The Hall–Kier alpha value is -2.13. The molecule has 1 fully saturated rings. The van der Waals surface area contributed by atoms with Crippen LogP contribution in [0.5, 0.6) is 0 Å². The summed E-state index contributed by atoms with van der Waals surface area (Å²) in [6.07, 6.45) is 3.63. The molecule has 0 aliphatic heterocycles. The quantitative estimate of drug-likeness (QED) is 0.903. The molecule has 21 heavy (non-hydrogen) atoms. The number of carbonyl (C=O) groups is 1. The van der Waals surface area contributed by atoms with Gasteiger partial charge in [-0.25, -0.2) is 0 Å². The molecule has 3 heteroatoms. The molecule has 0 atom stereocenters. The van der Waals surface area contributed by atoms with E-state index in [9.17, 15) is 4.79 Å². The van der Waals surface area contributed by atoms with Gasteiger partial charge in [0.15, 0.2) is 0 Å². The van der Waals surface area contributed by atoms with Gasteiger partial charge in [-0.3, -0.25) is 4.79 Å². The predicted molar refractivity (Wildman–Crippen MR) is 85.9 cm³/mol. The van der Waals surface area contributed by atoms with Gasteiger partial charge in [0.25, 0.3) is 0 Å². The molecule has 1 amide bonds. The van der Waals surface area contributed by atoms with Crippen LogP contribution >= 0.6 is 0 Å². The number of benzene rings is 2. The van der Waals surface area contributed by atoms with Gasteiger partial charge in [0.2, 0.25) is 5.91 Å². The number of hydrogen-bond donors (Lipinski definition) is 2. The van der Waals surface area contributed by atoms with E-state index in [2.05, 4.69) is 17.4 Å². The fourth-order valence-electron chi connectivity index (χ4n) is 2.87. The van der Waals surface area contributed by atoms with E-state index in [1.54, 1.807) is 0 Å². The lowest BCUT2D eigenvalue weighted by Gasteiger charge is -2.22. The highest BCUT2D eigenvalue weighted by Crippen LogP contribution is 2.29. The SMILES string of the molecule is NC1(C(=O)Nc2ccc(-c3ccccc3)cc2)CCCC1. The first kappa shape index (κ1) is 13.8. The fraction of sp³-hybridized carbons (Fsp3) is 0.278. The molecule has 0 aromatic heterocycles. The zero-order chi connectivity index (χ0) is 14.7. The van der Waals surface area contributed by atoms with E-state index in [-0.39, 0.29) is 5.91 Å². The molecule has 108 valence electrons. The van der Waals surface area contributed by atoms with E-state index < -0.39 is 5.54 Å². The Morgan fingerprint density at radius 3 is 2.10 bits per heavy atom. The Morgan fingerprint density at radius 1 is 0.905 bits per heavy atom. The van der Waals surface area contributed by atoms with Gasteiger partial charge in [-0.05, 0) is 36.1 Å². The van der Waals surface area contributed by atoms with E-state index in [0.717, 1.165) is 36.9 Å². The molecule has 0 bridgehead atoms. The lowest BCUT2D eigenvalue weighted by Crippen LogP contribution is -2.48. The maximum atomic E-state index is 12.3. The van der Waals surface area contributed by atoms with E-state index >= 15 is 0 Å². The molecule has 0 saturated heterocycles. The smallest absolute Gasteiger partial charge is 0.244 e. The number of nitrogens with one attached hydrogen (secondary N) is 1. The minimum Gasteiger partial charge on any atom is -0.324 e. The van der Waals surface area contributed by atoms with E-state index in [1.807, 2.05) is 42.5 Å². The molecule has 1 aliphatic carbocycles. The monoisotopic (exact) mass is 280 g/mol. The van der Waals surface area contributed by atoms with Gasteiger partial charge in [0.05, 0.1) is 5.54 Å². The van der Waals surface area contributed by atoms with Crippen molar-refractivity contribution in [3.05, 3.63) is 54.6 Å². The number of rotatable bonds is 3. The van der Waals surface area contributed by atoms with Gasteiger partial charge in [-0.15, -0.1) is 0 Å². The van der Waals surface area contributed by atoms with Crippen molar-refractivity contribution in [2.24, 2.45) is 5.73 Å². The van der Waals surface area contributed by atoms with Crippen LogP contribution in [0.2, 0.25) is 0 Å². The highest BCUT2D eigenvalue weighted by molar-refractivity contribution is 5.98. The normalized spacial score (nSPS) is 16.6. The van der Waals surface area contributed by atoms with Crippen LogP contribution in [0.15, 0.2) is 54.6 Å². The van der Waals surface area contributed by atoms with Crippen molar-refractivity contribution in [2.45, 2.75) is 31.2 Å². The Balaban J connectivity index is 1.72. The molecular weight excluding hydrogens is 260 g/mol. The average Bonchev–Trinajstić information content (AvgIpc) is 2.97. The Kier molecular flexibility index (Phi) is 3.76. The van der Waals surface area contributed by atoms with Crippen LogP contribution in [-0.4, -0.2) is 11.4 Å². The molecule has 0 spiro atoms. The van der Waals surface area contributed by atoms with Crippen molar-refractivity contribution in [3.63, 3.8) is 0 Å². The first-order valence-electron chi connectivity index (χ1n) is 7.43. The standard InChI is InChI=1S/C18H20N2O/c19-18(12-4-5-13-18)17(21)20-16-10-8-15(9-11-16)14-6-2-1-3-7-14/h1-3,6-11H,4-5,12-13,19H2,(H,20,21). The summed E-state index contributed by atoms with van der Waals surface area (Å²) in [5, 5.41) is 2.94. The third-order valence-electron chi connectivity index (χ3n) is 4.20. The second-order valence-corrected chi connectivity index (χ2v) is 5.76. The summed E-state index contributed by atoms with van der Waals surface area (Å²) >= 11 is 0. The maximum absolute atomic E-state index is 12.3. The Bertz CT molecular complexity index is 613. The van der Waals surface area contributed by atoms with Crippen LogP contribution in [0.1, 0.15) is 25.7 Å². The molecule has 2 aromatic rings. The summed E-state index contributed by atoms with van der Waals surface area (Å²) in [6, 6.07) is 18.1. The molecule has 1 aliphatic rings. The highest BCUT2D eigenvalue weighted by Gasteiger charge is 2.36. The zero-order valence-corrected chi connectivity index (χ0v) is 12.0. The van der Waals surface area contributed by atoms with Crippen LogP contribution in [0.25, 0.3) is 11.1 Å². The molecule has 2 aromatic carbocycles. The average molecular weight is 280 g/mol. The third-order valence-corrected chi connectivity index (χ3v) is 4.20. The molecule has 1 saturated carbocycles. The van der Waals surface area contributed by atoms with Crippen molar-refractivity contribution in [2.75, 3.05) is 5.32 Å². The third kappa shape index (κ3) is 2.98. The van der Waals surface area contributed by atoms with Gasteiger partial charge < -0.3 is 11.1 Å². The van der Waals surface area contributed by atoms with Gasteiger partial charge >= 0.3 is 0 Å². The summed E-state index contributed by atoms with van der Waals surface area (Å²) in [6.45, 7) is 0. The lowest BCUT2D eigenvalue weighted by atomic mass is 9.98. The predicted octanol–water partition coefficient (Wildman–Crippen LogP) is 3.56. The number of hydrogen-bond acceptors (Lipinski definition) is 2. The molecule has 0 heterocycles. The number of carbonyl (C=O) groups excluding carboxylic acids is 1. The minimum atomic E-state index is -0.682. The molecule has 0 unspecified atom stereocenters. The first-order chi connectivity index (χ1) is 10.2. The van der Waals surface area contributed by atoms with E-state index in [1.165, 1.54) is 5.56 Å². The van der Waals surface area contributed by atoms with Crippen LogP contribution in [-0.2, 0) is 4.79 Å². The van der Waals surface area contributed by atoms with Crippen LogP contribution in [0.3, 0.4) is 0 Å².